The zero-order valence-electron chi connectivity index (χ0n) is 10.7. The number of nitrogens with one attached hydrogen (secondary N) is 1. The van der Waals surface area contributed by atoms with Gasteiger partial charge in [0.2, 0.25) is 5.91 Å². The number of aromatic nitrogens is 1. The Labute approximate surface area is 115 Å². The summed E-state index contributed by atoms with van der Waals surface area (Å²) < 4.78 is 9.95. The molecule has 0 bridgehead atoms. The smallest absolute Gasteiger partial charge is 0.311 e. The predicted molar refractivity (Wildman–Crippen MR) is 70.1 cm³/mol. The predicted octanol–water partition coefficient (Wildman–Crippen LogP) is 1.37. The van der Waals surface area contributed by atoms with Gasteiger partial charge in [-0.1, -0.05) is 0 Å². The summed E-state index contributed by atoms with van der Waals surface area (Å²) in [7, 11) is 1.33. The molecule has 1 fully saturated rings. The zero-order valence-corrected chi connectivity index (χ0v) is 11.5. The van der Waals surface area contributed by atoms with E-state index in [0.29, 0.717) is 17.2 Å². The van der Waals surface area contributed by atoms with Crippen molar-refractivity contribution in [2.24, 2.45) is 0 Å². The van der Waals surface area contributed by atoms with Crippen molar-refractivity contribution >= 4 is 28.3 Å². The molecule has 0 radical (unpaired) electrons. The van der Waals surface area contributed by atoms with E-state index in [2.05, 4.69) is 15.0 Å². The lowest BCUT2D eigenvalue weighted by molar-refractivity contribution is -0.139. The van der Waals surface area contributed by atoms with Crippen molar-refractivity contribution in [1.29, 1.82) is 0 Å². The van der Waals surface area contributed by atoms with E-state index in [4.69, 9.17) is 4.74 Å². The van der Waals surface area contributed by atoms with E-state index < -0.39 is 0 Å². The Morgan fingerprint density at radius 3 is 3.16 bits per heavy atom. The van der Waals surface area contributed by atoms with Crippen LogP contribution in [0, 0.1) is 0 Å². The van der Waals surface area contributed by atoms with Gasteiger partial charge in [-0.3, -0.25) is 9.59 Å². The fourth-order valence-electron chi connectivity index (χ4n) is 1.85. The van der Waals surface area contributed by atoms with Crippen molar-refractivity contribution in [3.63, 3.8) is 0 Å². The average Bonchev–Trinajstić information content (AvgIpc) is 3.01. The topological polar surface area (TPSA) is 77.5 Å². The molecule has 1 saturated heterocycles. The first kappa shape index (κ1) is 14.0. The van der Waals surface area contributed by atoms with E-state index in [9.17, 15) is 9.59 Å². The molecule has 1 aromatic rings. The number of ether oxygens (including phenoxy) is 2. The number of amides is 1. The van der Waals surface area contributed by atoms with Gasteiger partial charge in [0.25, 0.3) is 0 Å². The van der Waals surface area contributed by atoms with E-state index in [1.807, 2.05) is 0 Å². The Kier molecular flexibility index (Phi) is 4.86. The first-order chi connectivity index (χ1) is 9.17. The lowest BCUT2D eigenvalue weighted by Crippen LogP contribution is -2.19. The van der Waals surface area contributed by atoms with Crippen LogP contribution in [-0.4, -0.2) is 36.7 Å². The van der Waals surface area contributed by atoms with Crippen molar-refractivity contribution in [3.05, 3.63) is 11.1 Å². The number of hydrogen-bond acceptors (Lipinski definition) is 6. The standard InChI is InChI=1S/C12H16N2O4S/c1-17-11(16)5-8-7-19-12(13-8)14-10(15)6-9-3-2-4-18-9/h7,9H,2-6H2,1H3,(H,13,14,15). The third-order valence-corrected chi connectivity index (χ3v) is 3.59. The van der Waals surface area contributed by atoms with Crippen molar-refractivity contribution in [1.82, 2.24) is 4.98 Å². The zero-order chi connectivity index (χ0) is 13.7. The van der Waals surface area contributed by atoms with E-state index in [1.54, 1.807) is 5.38 Å². The van der Waals surface area contributed by atoms with Gasteiger partial charge in [0.1, 0.15) is 0 Å². The van der Waals surface area contributed by atoms with Gasteiger partial charge in [-0.15, -0.1) is 11.3 Å². The monoisotopic (exact) mass is 284 g/mol. The number of rotatable bonds is 5. The first-order valence-electron chi connectivity index (χ1n) is 6.10. The minimum Gasteiger partial charge on any atom is -0.469 e. The van der Waals surface area contributed by atoms with Crippen LogP contribution in [-0.2, 0) is 25.5 Å². The maximum absolute atomic E-state index is 11.7. The SMILES string of the molecule is COC(=O)Cc1csc(NC(=O)CC2CCCO2)n1. The molecule has 1 atom stereocenters. The summed E-state index contributed by atoms with van der Waals surface area (Å²) in [6.07, 6.45) is 2.44. The summed E-state index contributed by atoms with van der Waals surface area (Å²) in [5, 5.41) is 4.95. The second-order valence-corrected chi connectivity index (χ2v) is 5.14. The largest absolute Gasteiger partial charge is 0.469 e. The quantitative estimate of drug-likeness (QED) is 0.826. The minimum atomic E-state index is -0.345. The van der Waals surface area contributed by atoms with Gasteiger partial charge in [0.05, 0.1) is 31.7 Å². The highest BCUT2D eigenvalue weighted by molar-refractivity contribution is 7.13. The van der Waals surface area contributed by atoms with E-state index in [1.165, 1.54) is 18.4 Å². The Bertz CT molecular complexity index is 454. The Hall–Kier alpha value is -1.47. The molecule has 0 spiro atoms. The van der Waals surface area contributed by atoms with E-state index in [-0.39, 0.29) is 24.4 Å². The van der Waals surface area contributed by atoms with Gasteiger partial charge in [-0.05, 0) is 12.8 Å². The van der Waals surface area contributed by atoms with Crippen molar-refractivity contribution in [3.8, 4) is 0 Å². The number of esters is 1. The lowest BCUT2D eigenvalue weighted by atomic mass is 10.2. The molecule has 6 nitrogen and oxygen atoms in total. The number of thiazole rings is 1. The summed E-state index contributed by atoms with van der Waals surface area (Å²) in [5.74, 6) is -0.451. The maximum Gasteiger partial charge on any atom is 0.311 e. The summed E-state index contributed by atoms with van der Waals surface area (Å²) in [6, 6.07) is 0. The third kappa shape index (κ3) is 4.29. The van der Waals surface area contributed by atoms with Crippen molar-refractivity contribution in [2.45, 2.75) is 31.8 Å². The van der Waals surface area contributed by atoms with Crippen LogP contribution < -0.4 is 5.32 Å². The highest BCUT2D eigenvalue weighted by Gasteiger charge is 2.19. The summed E-state index contributed by atoms with van der Waals surface area (Å²) >= 11 is 1.30. The van der Waals surface area contributed by atoms with Crippen molar-refractivity contribution < 1.29 is 19.1 Å². The summed E-state index contributed by atoms with van der Waals surface area (Å²) in [4.78, 5) is 27.0. The maximum atomic E-state index is 11.7. The number of carbonyl (C=O) groups excluding carboxylic acids is 2. The molecule has 1 amide bonds. The van der Waals surface area contributed by atoms with Gasteiger partial charge >= 0.3 is 5.97 Å². The van der Waals surface area contributed by atoms with Crippen LogP contribution in [0.4, 0.5) is 5.13 Å². The molecule has 104 valence electrons. The number of anilines is 1. The highest BCUT2D eigenvalue weighted by Crippen LogP contribution is 2.19. The van der Waals surface area contributed by atoms with Crippen LogP contribution in [0.2, 0.25) is 0 Å². The molecule has 2 rings (SSSR count). The number of hydrogen-bond donors (Lipinski definition) is 1. The van der Waals surface area contributed by atoms with Crippen molar-refractivity contribution in [2.75, 3.05) is 19.0 Å². The van der Waals surface area contributed by atoms with Gasteiger partial charge < -0.3 is 14.8 Å². The molecule has 2 heterocycles. The van der Waals surface area contributed by atoms with Crippen LogP contribution >= 0.6 is 11.3 Å². The molecule has 1 aromatic heterocycles. The van der Waals surface area contributed by atoms with Gasteiger partial charge in [-0.2, -0.15) is 0 Å². The molecular weight excluding hydrogens is 268 g/mol. The Balaban J connectivity index is 1.81. The molecule has 0 saturated carbocycles. The molecule has 1 N–H and O–H groups in total. The van der Waals surface area contributed by atoms with Gasteiger partial charge in [0, 0.05) is 12.0 Å². The first-order valence-corrected chi connectivity index (χ1v) is 6.98. The molecule has 1 unspecified atom stereocenters. The highest BCUT2D eigenvalue weighted by atomic mass is 32.1. The molecule has 19 heavy (non-hydrogen) atoms. The van der Waals surface area contributed by atoms with Gasteiger partial charge in [-0.25, -0.2) is 4.98 Å². The fourth-order valence-corrected chi connectivity index (χ4v) is 2.57. The molecule has 1 aliphatic rings. The number of carbonyl (C=O) groups is 2. The van der Waals surface area contributed by atoms with Crippen LogP contribution in [0.25, 0.3) is 0 Å². The molecule has 0 aliphatic carbocycles. The molecular formula is C12H16N2O4S. The van der Waals surface area contributed by atoms with Crippen LogP contribution in [0.15, 0.2) is 5.38 Å². The van der Waals surface area contributed by atoms with E-state index in [0.717, 1.165) is 19.4 Å². The number of methoxy groups -OCH3 is 1. The Morgan fingerprint density at radius 2 is 2.47 bits per heavy atom. The van der Waals surface area contributed by atoms with Gasteiger partial charge in [0.15, 0.2) is 5.13 Å². The molecule has 0 aromatic carbocycles. The second kappa shape index (κ2) is 6.63. The van der Waals surface area contributed by atoms with E-state index >= 15 is 0 Å². The van der Waals surface area contributed by atoms with Crippen LogP contribution in [0.3, 0.4) is 0 Å². The lowest BCUT2D eigenvalue weighted by Gasteiger charge is -2.07. The molecule has 7 heteroatoms. The minimum absolute atomic E-state index is 0.0227. The fraction of sp³-hybridized carbons (Fsp3) is 0.583. The third-order valence-electron chi connectivity index (χ3n) is 2.79. The normalized spacial score (nSPS) is 18.3. The summed E-state index contributed by atoms with van der Waals surface area (Å²) in [5.41, 5.74) is 0.601. The van der Waals surface area contributed by atoms with Crippen LogP contribution in [0.5, 0.6) is 0 Å². The second-order valence-electron chi connectivity index (χ2n) is 4.28. The number of nitrogens with zero attached hydrogens (tertiary/aromatic N) is 1. The Morgan fingerprint density at radius 1 is 1.63 bits per heavy atom. The van der Waals surface area contributed by atoms with Crippen LogP contribution in [0.1, 0.15) is 25.0 Å². The summed E-state index contributed by atoms with van der Waals surface area (Å²) in [6.45, 7) is 0.735. The average molecular weight is 284 g/mol. The molecule has 1 aliphatic heterocycles.